The van der Waals surface area contributed by atoms with Crippen molar-refractivity contribution >= 4 is 5.78 Å². The molecule has 0 atom stereocenters. The standard InChI is InChI=1S/C14H17N3O2/c1-10-9-16(2)14(19)17(10)12-6-4-3-5-11(12)13(18)7-8-15/h3-6,9H,7-8,15H2,1-2H3. The number of hydrogen-bond donors (Lipinski definition) is 1. The summed E-state index contributed by atoms with van der Waals surface area (Å²) in [5.41, 5.74) is 7.20. The second kappa shape index (κ2) is 5.24. The first kappa shape index (κ1) is 13.3. The van der Waals surface area contributed by atoms with Gasteiger partial charge in [-0.15, -0.1) is 0 Å². The molecule has 0 spiro atoms. The summed E-state index contributed by atoms with van der Waals surface area (Å²) >= 11 is 0. The van der Waals surface area contributed by atoms with Crippen LogP contribution in [0, 0.1) is 6.92 Å². The molecule has 2 rings (SSSR count). The summed E-state index contributed by atoms with van der Waals surface area (Å²) in [5.74, 6) is -0.0479. The van der Waals surface area contributed by atoms with Gasteiger partial charge in [-0.05, 0) is 25.6 Å². The predicted molar refractivity (Wildman–Crippen MR) is 73.7 cm³/mol. The van der Waals surface area contributed by atoms with E-state index in [9.17, 15) is 9.59 Å². The Hall–Kier alpha value is -2.14. The predicted octanol–water partition coefficient (Wildman–Crippen LogP) is 1.02. The smallest absolute Gasteiger partial charge is 0.330 e. The van der Waals surface area contributed by atoms with Gasteiger partial charge in [0.1, 0.15) is 0 Å². The van der Waals surface area contributed by atoms with E-state index in [2.05, 4.69) is 0 Å². The van der Waals surface area contributed by atoms with E-state index in [1.807, 2.05) is 13.0 Å². The van der Waals surface area contributed by atoms with Crippen LogP contribution in [0.4, 0.5) is 0 Å². The van der Waals surface area contributed by atoms with Gasteiger partial charge in [0.25, 0.3) is 0 Å². The summed E-state index contributed by atoms with van der Waals surface area (Å²) in [5, 5.41) is 0. The Morgan fingerprint density at radius 1 is 1.32 bits per heavy atom. The Labute approximate surface area is 111 Å². The van der Waals surface area contributed by atoms with E-state index in [1.54, 1.807) is 36.0 Å². The molecule has 5 nitrogen and oxygen atoms in total. The fourth-order valence-corrected chi connectivity index (χ4v) is 2.17. The molecule has 0 bridgehead atoms. The Bertz CT molecular complexity index is 668. The van der Waals surface area contributed by atoms with Crippen LogP contribution in [0.25, 0.3) is 5.69 Å². The zero-order chi connectivity index (χ0) is 14.0. The fraction of sp³-hybridized carbons (Fsp3) is 0.286. The molecule has 0 radical (unpaired) electrons. The first-order valence-corrected chi connectivity index (χ1v) is 6.14. The lowest BCUT2D eigenvalue weighted by Gasteiger charge is -2.09. The van der Waals surface area contributed by atoms with Crippen LogP contribution < -0.4 is 11.4 Å². The molecule has 1 aromatic heterocycles. The highest BCUT2D eigenvalue weighted by atomic mass is 16.2. The fourth-order valence-electron chi connectivity index (χ4n) is 2.17. The van der Waals surface area contributed by atoms with Gasteiger partial charge in [0.2, 0.25) is 0 Å². The Balaban J connectivity index is 2.63. The lowest BCUT2D eigenvalue weighted by atomic mass is 10.1. The molecular weight excluding hydrogens is 242 g/mol. The average molecular weight is 259 g/mol. The van der Waals surface area contributed by atoms with Gasteiger partial charge in [0.15, 0.2) is 5.78 Å². The number of nitrogens with two attached hydrogens (primary N) is 1. The van der Waals surface area contributed by atoms with Gasteiger partial charge in [-0.3, -0.25) is 9.36 Å². The number of hydrogen-bond acceptors (Lipinski definition) is 3. The van der Waals surface area contributed by atoms with Crippen molar-refractivity contribution in [1.82, 2.24) is 9.13 Å². The third kappa shape index (κ3) is 2.37. The first-order valence-electron chi connectivity index (χ1n) is 6.14. The van der Waals surface area contributed by atoms with E-state index >= 15 is 0 Å². The molecule has 0 saturated heterocycles. The Morgan fingerprint density at radius 3 is 2.58 bits per heavy atom. The monoisotopic (exact) mass is 259 g/mol. The van der Waals surface area contributed by atoms with Crippen LogP contribution in [0.1, 0.15) is 22.5 Å². The van der Waals surface area contributed by atoms with Crippen molar-refractivity contribution in [3.8, 4) is 5.69 Å². The number of nitrogens with zero attached hydrogens (tertiary/aromatic N) is 2. The van der Waals surface area contributed by atoms with E-state index < -0.39 is 0 Å². The molecule has 0 unspecified atom stereocenters. The molecule has 0 aliphatic heterocycles. The molecule has 1 heterocycles. The number of ketones is 1. The van der Waals surface area contributed by atoms with Gasteiger partial charge >= 0.3 is 5.69 Å². The summed E-state index contributed by atoms with van der Waals surface area (Å²) in [6.45, 7) is 2.14. The first-order chi connectivity index (χ1) is 9.06. The largest absolute Gasteiger partial charge is 0.332 e. The van der Waals surface area contributed by atoms with Crippen LogP contribution in [0.3, 0.4) is 0 Å². The normalized spacial score (nSPS) is 10.7. The number of rotatable bonds is 4. The highest BCUT2D eigenvalue weighted by Gasteiger charge is 2.15. The Kier molecular flexibility index (Phi) is 3.66. The van der Waals surface area contributed by atoms with E-state index in [0.29, 0.717) is 17.8 Å². The van der Waals surface area contributed by atoms with Crippen molar-refractivity contribution in [3.63, 3.8) is 0 Å². The number of imidazole rings is 1. The lowest BCUT2D eigenvalue weighted by Crippen LogP contribution is -2.23. The van der Waals surface area contributed by atoms with Crippen LogP contribution in [0.2, 0.25) is 0 Å². The zero-order valence-electron chi connectivity index (χ0n) is 11.1. The molecule has 0 aliphatic rings. The van der Waals surface area contributed by atoms with E-state index in [4.69, 9.17) is 5.73 Å². The third-order valence-electron chi connectivity index (χ3n) is 3.04. The van der Waals surface area contributed by atoms with Crippen molar-refractivity contribution in [2.24, 2.45) is 12.8 Å². The number of carbonyl (C=O) groups excluding carboxylic acids is 1. The second-order valence-electron chi connectivity index (χ2n) is 4.48. The van der Waals surface area contributed by atoms with E-state index in [0.717, 1.165) is 5.69 Å². The minimum Gasteiger partial charge on any atom is -0.330 e. The summed E-state index contributed by atoms with van der Waals surface area (Å²) < 4.78 is 3.04. The maximum absolute atomic E-state index is 12.1. The van der Waals surface area contributed by atoms with Gasteiger partial charge < -0.3 is 10.3 Å². The number of para-hydroxylation sites is 1. The molecule has 2 aromatic rings. The molecular formula is C14H17N3O2. The third-order valence-corrected chi connectivity index (χ3v) is 3.04. The summed E-state index contributed by atoms with van der Waals surface area (Å²) in [7, 11) is 1.69. The van der Waals surface area contributed by atoms with Crippen molar-refractivity contribution in [1.29, 1.82) is 0 Å². The SMILES string of the molecule is Cc1cn(C)c(=O)n1-c1ccccc1C(=O)CCN. The minimum absolute atomic E-state index is 0.0479. The lowest BCUT2D eigenvalue weighted by molar-refractivity contribution is 0.0985. The van der Waals surface area contributed by atoms with Crippen molar-refractivity contribution in [3.05, 3.63) is 52.2 Å². The van der Waals surface area contributed by atoms with Gasteiger partial charge in [-0.2, -0.15) is 0 Å². The minimum atomic E-state index is -0.162. The molecule has 0 amide bonds. The maximum Gasteiger partial charge on any atom is 0.332 e. The zero-order valence-corrected chi connectivity index (χ0v) is 11.1. The summed E-state index contributed by atoms with van der Waals surface area (Å²) in [4.78, 5) is 24.2. The molecule has 2 N–H and O–H groups in total. The van der Waals surface area contributed by atoms with Crippen LogP contribution in [0.15, 0.2) is 35.3 Å². The van der Waals surface area contributed by atoms with Crippen molar-refractivity contribution < 1.29 is 4.79 Å². The summed E-state index contributed by atoms with van der Waals surface area (Å²) in [6, 6.07) is 7.11. The Morgan fingerprint density at radius 2 is 2.00 bits per heavy atom. The van der Waals surface area contributed by atoms with Gasteiger partial charge in [-0.25, -0.2) is 4.79 Å². The molecule has 0 saturated carbocycles. The van der Waals surface area contributed by atoms with Crippen molar-refractivity contribution in [2.45, 2.75) is 13.3 Å². The van der Waals surface area contributed by atoms with Crippen LogP contribution >= 0.6 is 0 Å². The van der Waals surface area contributed by atoms with Crippen LogP contribution in [0.5, 0.6) is 0 Å². The number of benzene rings is 1. The second-order valence-corrected chi connectivity index (χ2v) is 4.48. The van der Waals surface area contributed by atoms with Crippen LogP contribution in [-0.2, 0) is 7.05 Å². The number of aryl methyl sites for hydroxylation is 2. The molecule has 0 aliphatic carbocycles. The molecule has 5 heteroatoms. The average Bonchev–Trinajstić information content (AvgIpc) is 2.63. The van der Waals surface area contributed by atoms with Gasteiger partial charge in [-0.1, -0.05) is 12.1 Å². The number of carbonyl (C=O) groups is 1. The van der Waals surface area contributed by atoms with E-state index in [-0.39, 0.29) is 17.9 Å². The molecule has 100 valence electrons. The number of aromatic nitrogens is 2. The van der Waals surface area contributed by atoms with Crippen LogP contribution in [-0.4, -0.2) is 21.5 Å². The molecule has 19 heavy (non-hydrogen) atoms. The van der Waals surface area contributed by atoms with Crippen molar-refractivity contribution in [2.75, 3.05) is 6.54 Å². The van der Waals surface area contributed by atoms with Gasteiger partial charge in [0.05, 0.1) is 5.69 Å². The maximum atomic E-state index is 12.1. The topological polar surface area (TPSA) is 70.0 Å². The highest BCUT2D eigenvalue weighted by Crippen LogP contribution is 2.16. The van der Waals surface area contributed by atoms with Gasteiger partial charge in [0, 0.05) is 30.9 Å². The quantitative estimate of drug-likeness (QED) is 0.833. The highest BCUT2D eigenvalue weighted by molar-refractivity contribution is 5.99. The molecule has 0 fully saturated rings. The molecule has 1 aromatic carbocycles. The van der Waals surface area contributed by atoms with E-state index in [1.165, 1.54) is 4.57 Å². The number of Topliss-reactive ketones (excluding diaryl/α,β-unsaturated/α-hetero) is 1. The summed E-state index contributed by atoms with van der Waals surface area (Å²) in [6.07, 6.45) is 2.02.